The van der Waals surface area contributed by atoms with Gasteiger partial charge in [-0.3, -0.25) is 14.4 Å². The molecule has 2 unspecified atom stereocenters. The normalized spacial score (nSPS) is 21.0. The van der Waals surface area contributed by atoms with E-state index in [0.29, 0.717) is 25.0 Å². The van der Waals surface area contributed by atoms with Crippen LogP contribution in [0.5, 0.6) is 0 Å². The van der Waals surface area contributed by atoms with Gasteiger partial charge in [-0.1, -0.05) is 0 Å². The van der Waals surface area contributed by atoms with Crippen molar-refractivity contribution in [3.63, 3.8) is 0 Å². The fraction of sp³-hybridized carbons (Fsp3) is 0.400. The number of nitrogens with zero attached hydrogens (tertiary/aromatic N) is 6. The van der Waals surface area contributed by atoms with E-state index in [1.807, 2.05) is 11.8 Å². The molecule has 11 heteroatoms. The molecule has 36 heavy (non-hydrogen) atoms. The van der Waals surface area contributed by atoms with Crippen molar-refractivity contribution in [2.45, 2.75) is 44.9 Å². The van der Waals surface area contributed by atoms with Gasteiger partial charge in [0.25, 0.3) is 5.56 Å². The Morgan fingerprint density at radius 1 is 1.19 bits per heavy atom. The average molecular weight is 496 g/mol. The summed E-state index contributed by atoms with van der Waals surface area (Å²) in [5.74, 6) is -0.882. The summed E-state index contributed by atoms with van der Waals surface area (Å²) in [4.78, 5) is 33.2. The van der Waals surface area contributed by atoms with Crippen molar-refractivity contribution in [2.75, 3.05) is 18.0 Å². The molecular formula is C25H27F2N7O2. The fourth-order valence-corrected chi connectivity index (χ4v) is 4.20. The summed E-state index contributed by atoms with van der Waals surface area (Å²) in [5, 5.41) is 0. The molecule has 9 nitrogen and oxygen atoms in total. The van der Waals surface area contributed by atoms with Crippen molar-refractivity contribution in [1.82, 2.24) is 19.5 Å². The van der Waals surface area contributed by atoms with Gasteiger partial charge in [-0.2, -0.15) is 0 Å². The Morgan fingerprint density at radius 2 is 1.97 bits per heavy atom. The molecule has 5 rings (SSSR count). The Balaban J connectivity index is 1.62. The molecule has 2 atom stereocenters. The van der Waals surface area contributed by atoms with E-state index in [2.05, 4.69) is 19.9 Å². The maximum atomic E-state index is 14.9. The predicted molar refractivity (Wildman–Crippen MR) is 133 cm³/mol. The van der Waals surface area contributed by atoms with Gasteiger partial charge < -0.3 is 15.4 Å². The first-order valence-electron chi connectivity index (χ1n) is 11.8. The van der Waals surface area contributed by atoms with Crippen LogP contribution in [0.2, 0.25) is 0 Å². The van der Waals surface area contributed by atoms with E-state index in [4.69, 9.17) is 10.5 Å². The second-order valence-electron chi connectivity index (χ2n) is 9.23. The van der Waals surface area contributed by atoms with Crippen molar-refractivity contribution in [1.29, 1.82) is 0 Å². The molecule has 1 aliphatic carbocycles. The lowest BCUT2D eigenvalue weighted by atomic mass is 10.1. The van der Waals surface area contributed by atoms with Crippen LogP contribution in [0.25, 0.3) is 22.3 Å². The third kappa shape index (κ3) is 4.58. The Hall–Kier alpha value is -3.73. The van der Waals surface area contributed by atoms with Crippen molar-refractivity contribution >= 4 is 23.2 Å². The number of rotatable bonds is 5. The van der Waals surface area contributed by atoms with Crippen LogP contribution in [0, 0.1) is 18.6 Å². The third-order valence-electron chi connectivity index (χ3n) is 6.41. The average Bonchev–Trinajstić information content (AvgIpc) is 3.67. The van der Waals surface area contributed by atoms with Crippen molar-refractivity contribution in [3.05, 3.63) is 57.8 Å². The summed E-state index contributed by atoms with van der Waals surface area (Å²) in [6.45, 7) is 4.36. The SMILES string of the molecule is Cc1nc2c(-c3ccc(F)cc3F)nc(N3CC(C)OC(C(C=NC4CC4)=CN)C3)nc2c(=O)n1C. The summed E-state index contributed by atoms with van der Waals surface area (Å²) in [5.41, 5.74) is 6.58. The second kappa shape index (κ2) is 9.38. The molecule has 2 aliphatic rings. The minimum Gasteiger partial charge on any atom is -0.404 e. The van der Waals surface area contributed by atoms with E-state index >= 15 is 0 Å². The molecule has 1 saturated heterocycles. The molecule has 1 aliphatic heterocycles. The number of nitrogens with two attached hydrogens (primary N) is 1. The van der Waals surface area contributed by atoms with Crippen LogP contribution in [0.4, 0.5) is 14.7 Å². The molecule has 0 amide bonds. The lowest BCUT2D eigenvalue weighted by molar-refractivity contribution is 0.00666. The number of aryl methyl sites for hydroxylation is 1. The summed E-state index contributed by atoms with van der Waals surface area (Å²) < 4.78 is 36.0. The summed E-state index contributed by atoms with van der Waals surface area (Å²) in [7, 11) is 1.59. The highest BCUT2D eigenvalue weighted by Gasteiger charge is 2.31. The maximum Gasteiger partial charge on any atom is 0.279 e. The number of anilines is 1. The molecule has 1 saturated carbocycles. The Morgan fingerprint density at radius 3 is 2.67 bits per heavy atom. The highest BCUT2D eigenvalue weighted by atomic mass is 19.1. The first kappa shape index (κ1) is 24.0. The number of aliphatic imine (C=N–C) groups is 1. The molecule has 2 fully saturated rings. The number of fused-ring (bicyclic) bond motifs is 1. The zero-order valence-electron chi connectivity index (χ0n) is 20.3. The van der Waals surface area contributed by atoms with E-state index in [-0.39, 0.29) is 39.9 Å². The minimum absolute atomic E-state index is 0.0298. The second-order valence-corrected chi connectivity index (χ2v) is 9.23. The smallest absolute Gasteiger partial charge is 0.279 e. The number of ether oxygens (including phenoxy) is 1. The number of halogens is 2. The van der Waals surface area contributed by atoms with E-state index in [1.165, 1.54) is 16.8 Å². The van der Waals surface area contributed by atoms with Gasteiger partial charge in [-0.25, -0.2) is 23.7 Å². The van der Waals surface area contributed by atoms with Crippen LogP contribution in [0.3, 0.4) is 0 Å². The monoisotopic (exact) mass is 495 g/mol. The van der Waals surface area contributed by atoms with Crippen LogP contribution < -0.4 is 16.2 Å². The maximum absolute atomic E-state index is 14.9. The van der Waals surface area contributed by atoms with Gasteiger partial charge in [0.2, 0.25) is 5.95 Å². The zero-order chi connectivity index (χ0) is 25.6. The Labute approximate surface area is 206 Å². The van der Waals surface area contributed by atoms with E-state index in [9.17, 15) is 13.6 Å². The number of hydrogen-bond acceptors (Lipinski definition) is 8. The van der Waals surface area contributed by atoms with Crippen LogP contribution in [-0.4, -0.2) is 57.1 Å². The largest absolute Gasteiger partial charge is 0.404 e. The highest BCUT2D eigenvalue weighted by molar-refractivity contribution is 5.89. The number of aromatic nitrogens is 4. The lowest BCUT2D eigenvalue weighted by Crippen LogP contribution is -2.48. The van der Waals surface area contributed by atoms with E-state index in [1.54, 1.807) is 20.2 Å². The molecule has 2 N–H and O–H groups in total. The van der Waals surface area contributed by atoms with Crippen LogP contribution in [-0.2, 0) is 11.8 Å². The molecular weight excluding hydrogens is 468 g/mol. The molecule has 1 aromatic carbocycles. The van der Waals surface area contributed by atoms with Gasteiger partial charge in [-0.15, -0.1) is 0 Å². The van der Waals surface area contributed by atoms with Gasteiger partial charge in [-0.05, 0) is 38.8 Å². The van der Waals surface area contributed by atoms with Crippen molar-refractivity contribution in [3.8, 4) is 11.3 Å². The van der Waals surface area contributed by atoms with Crippen LogP contribution >= 0.6 is 0 Å². The summed E-state index contributed by atoms with van der Waals surface area (Å²) >= 11 is 0. The number of benzene rings is 1. The summed E-state index contributed by atoms with van der Waals surface area (Å²) in [6.07, 6.45) is 4.76. The molecule has 0 bridgehead atoms. The number of hydrogen-bond donors (Lipinski definition) is 1. The molecule has 188 valence electrons. The van der Waals surface area contributed by atoms with Crippen molar-refractivity contribution < 1.29 is 13.5 Å². The van der Waals surface area contributed by atoms with E-state index < -0.39 is 17.7 Å². The Kier molecular flexibility index (Phi) is 6.25. The van der Waals surface area contributed by atoms with Gasteiger partial charge in [0.1, 0.15) is 34.8 Å². The topological polar surface area (TPSA) is 112 Å². The van der Waals surface area contributed by atoms with Gasteiger partial charge in [0, 0.05) is 43.2 Å². The van der Waals surface area contributed by atoms with E-state index in [0.717, 1.165) is 30.5 Å². The zero-order valence-corrected chi connectivity index (χ0v) is 20.3. The molecule has 2 aromatic heterocycles. The first-order valence-corrected chi connectivity index (χ1v) is 11.8. The molecule has 3 heterocycles. The fourth-order valence-electron chi connectivity index (χ4n) is 4.20. The first-order chi connectivity index (χ1) is 17.2. The predicted octanol–water partition coefficient (Wildman–Crippen LogP) is 2.65. The molecule has 0 spiro atoms. The lowest BCUT2D eigenvalue weighted by Gasteiger charge is -2.37. The Bertz CT molecular complexity index is 1450. The van der Waals surface area contributed by atoms with Gasteiger partial charge in [0.15, 0.2) is 5.52 Å². The third-order valence-corrected chi connectivity index (χ3v) is 6.41. The quantitative estimate of drug-likeness (QED) is 0.542. The van der Waals surface area contributed by atoms with Crippen LogP contribution in [0.15, 0.2) is 39.8 Å². The number of morpholine rings is 1. The highest BCUT2D eigenvalue weighted by Crippen LogP contribution is 2.30. The summed E-state index contributed by atoms with van der Waals surface area (Å²) in [6, 6.07) is 3.55. The minimum atomic E-state index is -0.807. The standard InChI is InChI=1S/C25H27F2N7O2/c1-13-11-34(12-20(36-13)15(9-28)10-29-17-5-6-17)25-31-21(18-7-4-16(26)8-19(18)27)22-23(32-25)24(35)33(3)14(2)30-22/h4,7-10,13,17,20H,5-6,11-12,28H2,1-3H3. The van der Waals surface area contributed by atoms with Crippen molar-refractivity contribution in [2.24, 2.45) is 17.8 Å². The van der Waals surface area contributed by atoms with Crippen LogP contribution in [0.1, 0.15) is 25.6 Å². The van der Waals surface area contributed by atoms with Gasteiger partial charge >= 0.3 is 0 Å². The molecule has 3 aromatic rings. The molecule has 0 radical (unpaired) electrons. The van der Waals surface area contributed by atoms with Gasteiger partial charge in [0.05, 0.1) is 18.7 Å².